The van der Waals surface area contributed by atoms with E-state index in [1.54, 1.807) is 0 Å². The largest absolute Gasteiger partial charge is 0.422 e. The van der Waals surface area contributed by atoms with E-state index in [1.807, 2.05) is 0 Å². The van der Waals surface area contributed by atoms with Crippen LogP contribution in [-0.2, 0) is 0 Å². The Morgan fingerprint density at radius 3 is 0.796 bits per heavy atom. The number of hydrogen-bond acceptors (Lipinski definition) is 0. The maximum Gasteiger partial charge on any atom is 0.422 e. The van der Waals surface area contributed by atoms with Gasteiger partial charge in [0, 0.05) is 23.2 Å². The van der Waals surface area contributed by atoms with Crippen LogP contribution in [0.3, 0.4) is 0 Å². The second kappa shape index (κ2) is 33.1. The summed E-state index contributed by atoms with van der Waals surface area (Å²) >= 11 is 18.2. The average Bonchev–Trinajstić information content (AvgIpc) is 2.79. The summed E-state index contributed by atoms with van der Waals surface area (Å²) in [5.74, 6) is -1.02. The molecule has 0 aromatic heterocycles. The Labute approximate surface area is 289 Å². The molecule has 29 heteroatoms. The minimum absolute atomic E-state index is 0. The zero-order valence-electron chi connectivity index (χ0n) is 21.4. The molecule has 0 heterocycles. The third kappa shape index (κ3) is 73.6. The molecule has 0 saturated heterocycles. The van der Waals surface area contributed by atoms with Gasteiger partial charge in [-0.3, -0.25) is 0 Å². The molecule has 0 spiro atoms. The van der Waals surface area contributed by atoms with Crippen molar-refractivity contribution in [3.8, 4) is 0 Å². The third-order valence-corrected chi connectivity index (χ3v) is 3.25. The van der Waals surface area contributed by atoms with Gasteiger partial charge < -0.3 is 0 Å². The Morgan fingerprint density at radius 1 is 0.510 bits per heavy atom. The van der Waals surface area contributed by atoms with Crippen LogP contribution in [0.2, 0.25) is 0 Å². The smallest absolute Gasteiger partial charge is 0.249 e. The van der Waals surface area contributed by atoms with Crippen molar-refractivity contribution in [3.05, 3.63) is 23.2 Å². The van der Waals surface area contributed by atoms with Crippen LogP contribution in [0.4, 0.5) is 105 Å². The first kappa shape index (κ1) is 69.9. The molecule has 0 bridgehead atoms. The molecule has 0 N–H and O–H groups in total. The van der Waals surface area contributed by atoms with Gasteiger partial charge in [-0.05, 0) is 0 Å². The van der Waals surface area contributed by atoms with E-state index in [0.29, 0.717) is 11.1 Å². The van der Waals surface area contributed by atoms with Crippen LogP contribution in [0.5, 0.6) is 0 Å². The van der Waals surface area contributed by atoms with E-state index in [9.17, 15) is 105 Å². The molecule has 0 saturated carbocycles. The molecule has 0 rings (SSSR count). The maximum absolute atomic E-state index is 11.4. The van der Waals surface area contributed by atoms with Crippen molar-refractivity contribution < 1.29 is 105 Å². The van der Waals surface area contributed by atoms with Crippen LogP contribution in [0.25, 0.3) is 0 Å². The first-order valence-corrected chi connectivity index (χ1v) is 11.7. The highest BCUT2D eigenvalue weighted by Gasteiger charge is 2.40. The molecule has 0 aliphatic heterocycles. The lowest BCUT2D eigenvalue weighted by Gasteiger charge is -2.07. The molecule has 0 aliphatic rings. The van der Waals surface area contributed by atoms with E-state index in [4.69, 9.17) is 0 Å². The standard InChI is InChI=1S/2C3H3ClF4.2C3H2ClF3.2C3H3F5.2CH4.ClH/c4-2(1-5)3(6,7)8;4-1-2(5)3(6,7)8;2*4-2-1-3(5,6)7;4-1-2(5)3(6,7)8;4-2(5)1-3(6,7)8;;;/h2*2H,1H2;2*1-2H;2*2H,1H2;2*1H4;1H/b;;2-1+;2-1-;;;;;. The Bertz CT molecular complexity index is 669. The quantitative estimate of drug-likeness (QED) is 0.195. The molecule has 308 valence electrons. The Hall–Kier alpha value is -0.750. The van der Waals surface area contributed by atoms with Gasteiger partial charge in [0.1, 0.15) is 19.8 Å². The van der Waals surface area contributed by atoms with Crippen LogP contribution in [0.15, 0.2) is 23.2 Å². The number of allylic oxidation sites excluding steroid dienone is 2. The van der Waals surface area contributed by atoms with Crippen LogP contribution < -0.4 is 0 Å². The predicted octanol–water partition coefficient (Wildman–Crippen LogP) is 14.6. The minimum atomic E-state index is -5.03. The first-order valence-electron chi connectivity index (χ1n) is 9.83. The summed E-state index contributed by atoms with van der Waals surface area (Å²) < 4.78 is 262. The van der Waals surface area contributed by atoms with Crippen molar-refractivity contribution in [2.75, 3.05) is 19.2 Å². The Morgan fingerprint density at radius 2 is 0.796 bits per heavy atom. The van der Waals surface area contributed by atoms with Gasteiger partial charge in [-0.25, -0.2) is 26.3 Å². The van der Waals surface area contributed by atoms with E-state index >= 15 is 0 Å². The van der Waals surface area contributed by atoms with Crippen LogP contribution >= 0.6 is 58.8 Å². The summed E-state index contributed by atoms with van der Waals surface area (Å²) in [5, 5.41) is -2.34. The molecule has 0 radical (unpaired) electrons. The summed E-state index contributed by atoms with van der Waals surface area (Å²) in [5.41, 5.74) is 0.861. The number of alkyl halides is 26. The molecule has 49 heavy (non-hydrogen) atoms. The molecule has 0 aliphatic carbocycles. The summed E-state index contributed by atoms with van der Waals surface area (Å²) in [7, 11) is 0. The van der Waals surface area contributed by atoms with Crippen molar-refractivity contribution in [2.24, 2.45) is 0 Å². The van der Waals surface area contributed by atoms with Crippen molar-refractivity contribution >= 4 is 58.8 Å². The minimum Gasteiger partial charge on any atom is -0.249 e. The number of hydrogen-bond donors (Lipinski definition) is 0. The van der Waals surface area contributed by atoms with E-state index < -0.39 is 86.9 Å². The second-order valence-corrected chi connectivity index (χ2v) is 7.71. The van der Waals surface area contributed by atoms with E-state index in [1.165, 1.54) is 0 Å². The number of rotatable bonds is 4. The van der Waals surface area contributed by atoms with Gasteiger partial charge in [-0.2, -0.15) is 79.0 Å². The highest BCUT2D eigenvalue weighted by atomic mass is 35.5. The summed E-state index contributed by atoms with van der Waals surface area (Å²) in [4.78, 5) is 0. The topological polar surface area (TPSA) is 0 Å². The normalized spacial score (nSPS) is 13.7. The van der Waals surface area contributed by atoms with Gasteiger partial charge in [0.25, 0.3) is 0 Å². The third-order valence-electron chi connectivity index (χ3n) is 2.36. The second-order valence-electron chi connectivity index (χ2n) is 6.37. The molecule has 3 atom stereocenters. The van der Waals surface area contributed by atoms with E-state index in [-0.39, 0.29) is 39.4 Å². The van der Waals surface area contributed by atoms with Crippen molar-refractivity contribution in [3.63, 3.8) is 0 Å². The van der Waals surface area contributed by atoms with Crippen molar-refractivity contribution in [1.82, 2.24) is 0 Å². The lowest BCUT2D eigenvalue weighted by molar-refractivity contribution is -0.183. The molecule has 0 fully saturated rings. The highest BCUT2D eigenvalue weighted by molar-refractivity contribution is 6.25. The fourth-order valence-corrected chi connectivity index (χ4v) is 1.04. The average molecular weight is 899 g/mol. The van der Waals surface area contributed by atoms with E-state index in [2.05, 4.69) is 46.4 Å². The van der Waals surface area contributed by atoms with Gasteiger partial charge in [0.2, 0.25) is 18.8 Å². The van der Waals surface area contributed by atoms with Gasteiger partial charge in [0.15, 0.2) is 5.38 Å². The molecular formula is C20H25Cl5F24. The molecule has 3 unspecified atom stereocenters. The SMILES string of the molecule is C.C.Cl.FC(CCl)C(F)(F)F.FC(F)(F)/C=C/Cl.FC(F)(F)/C=C\Cl.FC(F)CC(F)(F)F.FCC(Cl)C(F)(F)F.FCC(F)C(F)(F)F. The van der Waals surface area contributed by atoms with Gasteiger partial charge >= 0.3 is 37.1 Å². The predicted molar refractivity (Wildman–Crippen MR) is 140 cm³/mol. The van der Waals surface area contributed by atoms with Crippen molar-refractivity contribution in [1.29, 1.82) is 0 Å². The Balaban J connectivity index is -0.0000000554. The van der Waals surface area contributed by atoms with Crippen LogP contribution in [0.1, 0.15) is 21.3 Å². The molecular weight excluding hydrogens is 873 g/mol. The zero-order chi connectivity index (χ0) is 39.0. The summed E-state index contributed by atoms with van der Waals surface area (Å²) in [6.45, 7) is -3.56. The molecule has 0 aromatic rings. The lowest BCUT2D eigenvalue weighted by atomic mass is 10.4. The number of halogens is 29. The molecule has 0 amide bonds. The zero-order valence-corrected chi connectivity index (χ0v) is 25.3. The Kier molecular flexibility index (Phi) is 47.2. The van der Waals surface area contributed by atoms with Crippen LogP contribution in [-0.4, -0.2) is 80.4 Å². The first-order chi connectivity index (χ1) is 20.0. The van der Waals surface area contributed by atoms with E-state index in [0.717, 1.165) is 0 Å². The van der Waals surface area contributed by atoms with Gasteiger partial charge in [-0.15, -0.1) is 35.6 Å². The molecule has 0 nitrogen and oxygen atoms in total. The molecule has 0 aromatic carbocycles. The summed E-state index contributed by atoms with van der Waals surface area (Å²) in [6, 6.07) is 0. The van der Waals surface area contributed by atoms with Gasteiger partial charge in [-0.1, -0.05) is 38.1 Å². The van der Waals surface area contributed by atoms with Crippen molar-refractivity contribution in [2.45, 2.75) is 82.5 Å². The van der Waals surface area contributed by atoms with Crippen LogP contribution in [0, 0.1) is 0 Å². The highest BCUT2D eigenvalue weighted by Crippen LogP contribution is 2.25. The monoisotopic (exact) mass is 896 g/mol. The maximum atomic E-state index is 11.4. The van der Waals surface area contributed by atoms with Gasteiger partial charge in [0.05, 0.1) is 5.88 Å². The summed E-state index contributed by atoms with van der Waals surface area (Å²) in [6.07, 6.45) is -39.3. The lowest BCUT2D eigenvalue weighted by Crippen LogP contribution is -2.25. The fraction of sp³-hybridized carbons (Fsp3) is 0.800. The fourth-order valence-electron chi connectivity index (χ4n) is 0.580.